The summed E-state index contributed by atoms with van der Waals surface area (Å²) < 4.78 is 18.2. The molecule has 1 N–H and O–H groups in total. The van der Waals surface area contributed by atoms with E-state index in [1.165, 1.54) is 16.6 Å². The van der Waals surface area contributed by atoms with Crippen LogP contribution in [-0.2, 0) is 24.2 Å². The van der Waals surface area contributed by atoms with Gasteiger partial charge in [0.15, 0.2) is 16.7 Å². The topological polar surface area (TPSA) is 95.6 Å². The van der Waals surface area contributed by atoms with Crippen LogP contribution in [0, 0.1) is 0 Å². The maximum atomic E-state index is 13.5. The number of hydrogen-bond acceptors (Lipinski definition) is 8. The minimum absolute atomic E-state index is 0.0736. The van der Waals surface area contributed by atoms with Gasteiger partial charge in [-0.05, 0) is 49.1 Å². The fraction of sp³-hybridized carbons (Fsp3) is 0.292. The Balaban J connectivity index is 1.26. The summed E-state index contributed by atoms with van der Waals surface area (Å²) in [6.45, 7) is 1.26. The molecule has 3 aromatic heterocycles. The van der Waals surface area contributed by atoms with Crippen molar-refractivity contribution in [2.24, 2.45) is 0 Å². The molecule has 174 valence electrons. The number of furan rings is 1. The second-order valence-electron chi connectivity index (χ2n) is 8.10. The van der Waals surface area contributed by atoms with Crippen molar-refractivity contribution in [1.82, 2.24) is 9.55 Å². The van der Waals surface area contributed by atoms with Gasteiger partial charge in [-0.2, -0.15) is 0 Å². The van der Waals surface area contributed by atoms with Crippen molar-refractivity contribution in [3.8, 4) is 11.5 Å². The summed E-state index contributed by atoms with van der Waals surface area (Å²) in [6, 6.07) is 8.94. The van der Waals surface area contributed by atoms with Crippen molar-refractivity contribution in [3.63, 3.8) is 0 Å². The highest BCUT2D eigenvalue weighted by Gasteiger charge is 2.24. The highest BCUT2D eigenvalue weighted by molar-refractivity contribution is 7.99. The molecule has 4 heterocycles. The molecule has 2 aliphatic rings. The summed E-state index contributed by atoms with van der Waals surface area (Å²) in [5.41, 5.74) is 1.69. The van der Waals surface area contributed by atoms with Crippen molar-refractivity contribution in [1.29, 1.82) is 0 Å². The van der Waals surface area contributed by atoms with Crippen molar-refractivity contribution in [3.05, 3.63) is 63.1 Å². The van der Waals surface area contributed by atoms with Crippen LogP contribution >= 0.6 is 23.1 Å². The van der Waals surface area contributed by atoms with Gasteiger partial charge in [-0.25, -0.2) is 4.98 Å². The molecule has 0 radical (unpaired) electrons. The number of nitrogens with zero attached hydrogens (tertiary/aromatic N) is 2. The number of amides is 1. The molecule has 34 heavy (non-hydrogen) atoms. The minimum atomic E-state index is -0.200. The Labute approximate surface area is 202 Å². The lowest BCUT2D eigenvalue weighted by Gasteiger charge is -2.19. The third-order valence-electron chi connectivity index (χ3n) is 5.84. The van der Waals surface area contributed by atoms with Crippen molar-refractivity contribution in [2.45, 2.75) is 31.0 Å². The number of carbonyl (C=O) groups is 1. The van der Waals surface area contributed by atoms with Crippen LogP contribution in [0.15, 0.2) is 51.0 Å². The van der Waals surface area contributed by atoms with Gasteiger partial charge in [0.25, 0.3) is 5.56 Å². The number of ether oxygens (including phenoxy) is 2. The molecule has 0 bridgehead atoms. The normalized spacial score (nSPS) is 14.4. The standard InChI is InChI=1S/C24H21N3O5S2/c28-20(25-14-6-7-17-18(11-14)32-10-9-31-17)13-33-24-26-22-21(16-4-1-5-19(16)34-22)23(29)27(24)12-15-3-2-8-30-15/h2-3,6-8,11H,1,4-5,9-10,12-13H2,(H,25,28). The molecule has 0 spiro atoms. The van der Waals surface area contributed by atoms with Gasteiger partial charge in [-0.15, -0.1) is 11.3 Å². The summed E-state index contributed by atoms with van der Waals surface area (Å²) in [7, 11) is 0. The van der Waals surface area contributed by atoms with Gasteiger partial charge in [0.2, 0.25) is 5.91 Å². The first-order valence-electron chi connectivity index (χ1n) is 11.1. The summed E-state index contributed by atoms with van der Waals surface area (Å²) in [4.78, 5) is 33.0. The summed E-state index contributed by atoms with van der Waals surface area (Å²) in [5.74, 6) is 1.85. The van der Waals surface area contributed by atoms with Gasteiger partial charge in [-0.3, -0.25) is 14.2 Å². The highest BCUT2D eigenvalue weighted by atomic mass is 32.2. The number of thioether (sulfide) groups is 1. The Kier molecular flexibility index (Phi) is 5.54. The number of aryl methyl sites for hydroxylation is 2. The predicted octanol–water partition coefficient (Wildman–Crippen LogP) is 4.09. The Morgan fingerprint density at radius 1 is 1.18 bits per heavy atom. The fourth-order valence-electron chi connectivity index (χ4n) is 4.31. The van der Waals surface area contributed by atoms with Crippen LogP contribution in [0.4, 0.5) is 5.69 Å². The van der Waals surface area contributed by atoms with Crippen LogP contribution in [0.5, 0.6) is 11.5 Å². The molecule has 0 unspecified atom stereocenters. The molecule has 1 aliphatic carbocycles. The minimum Gasteiger partial charge on any atom is -0.486 e. The van der Waals surface area contributed by atoms with Crippen LogP contribution in [-0.4, -0.2) is 34.4 Å². The number of fused-ring (bicyclic) bond motifs is 4. The van der Waals surface area contributed by atoms with E-state index in [-0.39, 0.29) is 23.8 Å². The van der Waals surface area contributed by atoms with Gasteiger partial charge in [0.1, 0.15) is 23.8 Å². The number of hydrogen-bond donors (Lipinski definition) is 1. The van der Waals surface area contributed by atoms with Crippen LogP contribution in [0.3, 0.4) is 0 Å². The lowest BCUT2D eigenvalue weighted by atomic mass is 10.2. The smallest absolute Gasteiger partial charge is 0.263 e. The molecule has 6 rings (SSSR count). The number of aromatic nitrogens is 2. The van der Waals surface area contributed by atoms with E-state index in [0.29, 0.717) is 46.7 Å². The van der Waals surface area contributed by atoms with Crippen LogP contribution < -0.4 is 20.3 Å². The largest absolute Gasteiger partial charge is 0.486 e. The highest BCUT2D eigenvalue weighted by Crippen LogP contribution is 2.36. The van der Waals surface area contributed by atoms with Gasteiger partial charge >= 0.3 is 0 Å². The van der Waals surface area contributed by atoms with Gasteiger partial charge < -0.3 is 19.2 Å². The molecule has 0 saturated heterocycles. The molecular formula is C24H21N3O5S2. The molecule has 1 aromatic carbocycles. The molecular weight excluding hydrogens is 474 g/mol. The fourth-order valence-corrected chi connectivity index (χ4v) is 6.42. The molecule has 8 nitrogen and oxygen atoms in total. The van der Waals surface area contributed by atoms with E-state index in [9.17, 15) is 9.59 Å². The Hall–Kier alpha value is -3.24. The Morgan fingerprint density at radius 3 is 2.91 bits per heavy atom. The van der Waals surface area contributed by atoms with Crippen LogP contribution in [0.25, 0.3) is 10.2 Å². The van der Waals surface area contributed by atoms with Gasteiger partial charge in [-0.1, -0.05) is 11.8 Å². The third kappa shape index (κ3) is 3.97. The SMILES string of the molecule is O=C(CSc1nc2sc3c(c2c(=O)n1Cc1ccco1)CCC3)Nc1ccc2c(c1)OCCO2. The molecule has 1 amide bonds. The third-order valence-corrected chi connectivity index (χ3v) is 8.00. The van der Waals surface area contributed by atoms with Crippen molar-refractivity contribution >= 4 is 44.9 Å². The average molecular weight is 496 g/mol. The van der Waals surface area contributed by atoms with E-state index in [4.69, 9.17) is 18.9 Å². The summed E-state index contributed by atoms with van der Waals surface area (Å²) in [6.07, 6.45) is 4.57. The maximum Gasteiger partial charge on any atom is 0.263 e. The second kappa shape index (κ2) is 8.84. The molecule has 1 aliphatic heterocycles. The van der Waals surface area contributed by atoms with E-state index in [2.05, 4.69) is 5.32 Å². The van der Waals surface area contributed by atoms with Crippen LogP contribution in [0.2, 0.25) is 0 Å². The van der Waals surface area contributed by atoms with E-state index in [0.717, 1.165) is 29.7 Å². The lowest BCUT2D eigenvalue weighted by Crippen LogP contribution is -2.24. The van der Waals surface area contributed by atoms with Crippen molar-refractivity contribution < 1.29 is 18.7 Å². The zero-order valence-electron chi connectivity index (χ0n) is 18.2. The number of nitrogens with one attached hydrogen (secondary N) is 1. The molecule has 10 heteroatoms. The number of benzene rings is 1. The van der Waals surface area contributed by atoms with Gasteiger partial charge in [0, 0.05) is 16.6 Å². The zero-order valence-corrected chi connectivity index (χ0v) is 19.8. The Morgan fingerprint density at radius 2 is 2.06 bits per heavy atom. The lowest BCUT2D eigenvalue weighted by molar-refractivity contribution is -0.113. The molecule has 0 atom stereocenters. The number of carbonyl (C=O) groups excluding carboxylic acids is 1. The van der Waals surface area contributed by atoms with E-state index in [1.54, 1.807) is 46.4 Å². The average Bonchev–Trinajstić information content (AvgIpc) is 3.57. The molecule has 0 fully saturated rings. The first kappa shape index (κ1) is 21.3. The second-order valence-corrected chi connectivity index (χ2v) is 10.1. The zero-order chi connectivity index (χ0) is 23.1. The summed E-state index contributed by atoms with van der Waals surface area (Å²) >= 11 is 2.84. The van der Waals surface area contributed by atoms with Crippen molar-refractivity contribution in [2.75, 3.05) is 24.3 Å². The quantitative estimate of drug-likeness (QED) is 0.318. The number of rotatable bonds is 6. The predicted molar refractivity (Wildman–Crippen MR) is 131 cm³/mol. The van der Waals surface area contributed by atoms with E-state index in [1.807, 2.05) is 6.07 Å². The van der Waals surface area contributed by atoms with Crippen LogP contribution in [0.1, 0.15) is 22.6 Å². The number of anilines is 1. The first-order valence-corrected chi connectivity index (χ1v) is 12.9. The van der Waals surface area contributed by atoms with Gasteiger partial charge in [0.05, 0.1) is 23.9 Å². The maximum absolute atomic E-state index is 13.5. The van der Waals surface area contributed by atoms with E-state index < -0.39 is 0 Å². The summed E-state index contributed by atoms with van der Waals surface area (Å²) in [5, 5.41) is 4.11. The monoisotopic (exact) mass is 495 g/mol. The molecule has 4 aromatic rings. The number of thiophene rings is 1. The first-order chi connectivity index (χ1) is 16.7. The molecule has 0 saturated carbocycles. The van der Waals surface area contributed by atoms with E-state index >= 15 is 0 Å². The Bertz CT molecular complexity index is 1440.